The lowest BCUT2D eigenvalue weighted by molar-refractivity contribution is 0.0951. The third kappa shape index (κ3) is 5.21. The number of rotatable bonds is 8. The number of nitrogens with zero attached hydrogens (tertiary/aromatic N) is 1. The Hall–Kier alpha value is -3.51. The number of fused-ring (bicyclic) bond motifs is 1. The van der Waals surface area contributed by atoms with E-state index in [2.05, 4.69) is 5.32 Å². The molecular weight excluding hydrogens is 420 g/mol. The second-order valence-corrected chi connectivity index (χ2v) is 8.19. The van der Waals surface area contributed by atoms with E-state index in [1.165, 1.54) is 4.90 Å². The number of hydrogen-bond donors (Lipinski definition) is 1. The van der Waals surface area contributed by atoms with Gasteiger partial charge < -0.3 is 14.6 Å². The number of nitrogens with one attached hydrogen (secondary N) is 1. The minimum atomic E-state index is -0.206. The lowest BCUT2D eigenvalue weighted by atomic mass is 10.1. The van der Waals surface area contributed by atoms with E-state index in [0.29, 0.717) is 30.6 Å². The first-order valence-corrected chi connectivity index (χ1v) is 11.6. The monoisotopic (exact) mass is 444 g/mol. The normalized spacial score (nSPS) is 10.8. The highest BCUT2D eigenvalue weighted by Crippen LogP contribution is 2.16. The molecule has 0 bridgehead atoms. The van der Waals surface area contributed by atoms with Crippen LogP contribution in [0.25, 0.3) is 10.8 Å². The van der Waals surface area contributed by atoms with E-state index < -0.39 is 0 Å². The van der Waals surface area contributed by atoms with Crippen molar-refractivity contribution >= 4 is 28.4 Å². The molecule has 1 heterocycles. The van der Waals surface area contributed by atoms with Crippen LogP contribution in [0.2, 0.25) is 0 Å². The van der Waals surface area contributed by atoms with Gasteiger partial charge in [-0.2, -0.15) is 0 Å². The molecule has 32 heavy (non-hydrogen) atoms. The molecule has 0 unspecified atom stereocenters. The third-order valence-corrected chi connectivity index (χ3v) is 5.94. The highest BCUT2D eigenvalue weighted by Gasteiger charge is 2.10. The largest absolute Gasteiger partial charge is 0.492 e. The number of hydrogen-bond acceptors (Lipinski definition) is 4. The van der Waals surface area contributed by atoms with E-state index in [0.717, 1.165) is 16.7 Å². The summed E-state index contributed by atoms with van der Waals surface area (Å²) >= 11 is 1.68. The van der Waals surface area contributed by atoms with Gasteiger partial charge in [0.2, 0.25) is 0 Å². The Morgan fingerprint density at radius 2 is 1.78 bits per heavy atom. The fourth-order valence-corrected chi connectivity index (χ4v) is 3.81. The summed E-state index contributed by atoms with van der Waals surface area (Å²) in [6, 6.07) is 24.7. The van der Waals surface area contributed by atoms with Crippen molar-refractivity contribution in [1.29, 1.82) is 0 Å². The summed E-state index contributed by atoms with van der Waals surface area (Å²) in [5.41, 5.74) is 1.35. The number of amides is 1. The van der Waals surface area contributed by atoms with Crippen molar-refractivity contribution < 1.29 is 9.53 Å². The molecule has 1 N–H and O–H groups in total. The Morgan fingerprint density at radius 3 is 2.53 bits per heavy atom. The van der Waals surface area contributed by atoms with E-state index in [1.807, 2.05) is 73.0 Å². The zero-order valence-corrected chi connectivity index (χ0v) is 18.6. The molecule has 162 valence electrons. The van der Waals surface area contributed by atoms with Gasteiger partial charge in [0.1, 0.15) is 12.4 Å². The molecule has 0 fully saturated rings. The first kappa shape index (κ1) is 21.7. The van der Waals surface area contributed by atoms with Gasteiger partial charge in [0.25, 0.3) is 11.5 Å². The fourth-order valence-electron chi connectivity index (χ4n) is 3.40. The van der Waals surface area contributed by atoms with Crippen LogP contribution >= 0.6 is 11.8 Å². The van der Waals surface area contributed by atoms with E-state index in [4.69, 9.17) is 4.74 Å². The molecule has 0 radical (unpaired) electrons. The van der Waals surface area contributed by atoms with E-state index in [1.54, 1.807) is 34.7 Å². The van der Waals surface area contributed by atoms with E-state index in [-0.39, 0.29) is 11.5 Å². The Morgan fingerprint density at radius 1 is 1.00 bits per heavy atom. The molecule has 1 aromatic heterocycles. The van der Waals surface area contributed by atoms with Crippen LogP contribution in [0.5, 0.6) is 5.75 Å². The average Bonchev–Trinajstić information content (AvgIpc) is 2.85. The summed E-state index contributed by atoms with van der Waals surface area (Å²) in [7, 11) is 0. The van der Waals surface area contributed by atoms with Crippen molar-refractivity contribution in [2.24, 2.45) is 0 Å². The first-order chi connectivity index (χ1) is 15.6. The maximum atomic E-state index is 13.0. The number of pyridine rings is 1. The molecule has 0 spiro atoms. The van der Waals surface area contributed by atoms with Gasteiger partial charge in [0, 0.05) is 28.6 Å². The van der Waals surface area contributed by atoms with E-state index in [9.17, 15) is 9.59 Å². The first-order valence-electron chi connectivity index (χ1n) is 10.4. The quantitative estimate of drug-likeness (QED) is 0.399. The van der Waals surface area contributed by atoms with Crippen LogP contribution in [0, 0.1) is 0 Å². The molecule has 1 amide bonds. The van der Waals surface area contributed by atoms with Crippen LogP contribution in [-0.4, -0.2) is 23.3 Å². The minimum Gasteiger partial charge on any atom is -0.492 e. The predicted octanol–water partition coefficient (Wildman–Crippen LogP) is 4.73. The van der Waals surface area contributed by atoms with Gasteiger partial charge >= 0.3 is 0 Å². The van der Waals surface area contributed by atoms with Crippen LogP contribution in [-0.2, 0) is 13.1 Å². The Bertz CT molecular complexity index is 1270. The summed E-state index contributed by atoms with van der Waals surface area (Å²) in [6.45, 7) is 1.23. The molecule has 5 nitrogen and oxygen atoms in total. The summed E-state index contributed by atoms with van der Waals surface area (Å²) < 4.78 is 7.31. The number of ether oxygens (including phenoxy) is 1. The standard InChI is InChI=1S/C26H24N2O3S/c1-32-23-11-7-19(8-12-23)18-27-25(29)21-10-9-20-13-14-28(26(30)24(20)17-21)15-16-31-22-5-3-2-4-6-22/h2-14,17H,15-16,18H2,1H3,(H,27,29). The lowest BCUT2D eigenvalue weighted by Gasteiger charge is -2.10. The summed E-state index contributed by atoms with van der Waals surface area (Å²) in [5.74, 6) is 0.562. The number of para-hydroxylation sites is 1. The third-order valence-electron chi connectivity index (χ3n) is 5.20. The average molecular weight is 445 g/mol. The smallest absolute Gasteiger partial charge is 0.258 e. The van der Waals surface area contributed by atoms with Crippen LogP contribution < -0.4 is 15.6 Å². The van der Waals surface area contributed by atoms with Crippen molar-refractivity contribution in [3.05, 3.63) is 107 Å². The van der Waals surface area contributed by atoms with Gasteiger partial charge in [-0.1, -0.05) is 36.4 Å². The van der Waals surface area contributed by atoms with Gasteiger partial charge in [-0.05, 0) is 59.7 Å². The molecule has 3 aromatic carbocycles. The Labute approximate surface area is 191 Å². The minimum absolute atomic E-state index is 0.138. The zero-order chi connectivity index (χ0) is 22.3. The summed E-state index contributed by atoms with van der Waals surface area (Å²) in [6.07, 6.45) is 3.79. The van der Waals surface area contributed by atoms with Crippen molar-refractivity contribution in [3.63, 3.8) is 0 Å². The number of carbonyl (C=O) groups excluding carboxylic acids is 1. The SMILES string of the molecule is CSc1ccc(CNC(=O)c2ccc3ccn(CCOc4ccccc4)c(=O)c3c2)cc1. The number of thioether (sulfide) groups is 1. The molecule has 0 aliphatic heterocycles. The molecule has 0 saturated carbocycles. The molecular formula is C26H24N2O3S. The molecule has 0 aliphatic rings. The van der Waals surface area contributed by atoms with Crippen molar-refractivity contribution in [3.8, 4) is 5.75 Å². The van der Waals surface area contributed by atoms with Gasteiger partial charge in [0.15, 0.2) is 0 Å². The zero-order valence-electron chi connectivity index (χ0n) is 17.8. The Kier molecular flexibility index (Phi) is 6.92. The van der Waals surface area contributed by atoms with Crippen molar-refractivity contribution in [2.45, 2.75) is 18.0 Å². The summed E-state index contributed by atoms with van der Waals surface area (Å²) in [4.78, 5) is 26.8. The molecule has 0 saturated heterocycles. The van der Waals surface area contributed by atoms with Crippen molar-refractivity contribution in [1.82, 2.24) is 9.88 Å². The van der Waals surface area contributed by atoms with Crippen LogP contribution in [0.4, 0.5) is 0 Å². The fraction of sp³-hybridized carbons (Fsp3) is 0.154. The molecule has 0 atom stereocenters. The topological polar surface area (TPSA) is 60.3 Å². The molecule has 0 aliphatic carbocycles. The van der Waals surface area contributed by atoms with Crippen LogP contribution in [0.3, 0.4) is 0 Å². The maximum Gasteiger partial charge on any atom is 0.258 e. The van der Waals surface area contributed by atoms with E-state index >= 15 is 0 Å². The molecule has 6 heteroatoms. The van der Waals surface area contributed by atoms with Gasteiger partial charge in [0.05, 0.1) is 6.54 Å². The van der Waals surface area contributed by atoms with Crippen LogP contribution in [0.1, 0.15) is 15.9 Å². The maximum absolute atomic E-state index is 13.0. The summed E-state index contributed by atoms with van der Waals surface area (Å²) in [5, 5.41) is 4.25. The number of benzene rings is 3. The van der Waals surface area contributed by atoms with Gasteiger partial charge in [-0.3, -0.25) is 9.59 Å². The van der Waals surface area contributed by atoms with Crippen molar-refractivity contribution in [2.75, 3.05) is 12.9 Å². The lowest BCUT2D eigenvalue weighted by Crippen LogP contribution is -2.24. The predicted molar refractivity (Wildman–Crippen MR) is 130 cm³/mol. The number of aromatic nitrogens is 1. The second-order valence-electron chi connectivity index (χ2n) is 7.31. The number of carbonyl (C=O) groups is 1. The Balaban J connectivity index is 1.45. The van der Waals surface area contributed by atoms with Gasteiger partial charge in [-0.25, -0.2) is 0 Å². The van der Waals surface area contributed by atoms with Gasteiger partial charge in [-0.15, -0.1) is 11.8 Å². The molecule has 4 rings (SSSR count). The van der Waals surface area contributed by atoms with Crippen LogP contribution in [0.15, 0.2) is 94.7 Å². The molecule has 4 aromatic rings. The second kappa shape index (κ2) is 10.2. The highest BCUT2D eigenvalue weighted by atomic mass is 32.2. The highest BCUT2D eigenvalue weighted by molar-refractivity contribution is 7.98.